The maximum absolute atomic E-state index is 11.2. The molecular formula is C13H20N4O. The summed E-state index contributed by atoms with van der Waals surface area (Å²) in [5, 5.41) is 3.31. The average Bonchev–Trinajstić information content (AvgIpc) is 2.74. The summed E-state index contributed by atoms with van der Waals surface area (Å²) in [5.74, 6) is 0.387. The van der Waals surface area contributed by atoms with Crippen LogP contribution in [0.4, 0.5) is 0 Å². The zero-order valence-corrected chi connectivity index (χ0v) is 10.8. The molecule has 0 saturated carbocycles. The molecule has 0 amide bonds. The number of imidazole rings is 1. The normalized spacial score (nSPS) is 14.8. The van der Waals surface area contributed by atoms with Gasteiger partial charge in [0.2, 0.25) is 0 Å². The SMILES string of the molecule is CCC(CN)C(NC)c1ccc2[nH]c(=O)[nH]c2c1. The molecule has 2 aromatic rings. The third kappa shape index (κ3) is 2.32. The number of hydrogen-bond donors (Lipinski definition) is 4. The fourth-order valence-corrected chi connectivity index (χ4v) is 2.46. The van der Waals surface area contributed by atoms with Crippen LogP contribution in [-0.2, 0) is 0 Å². The molecule has 0 aliphatic carbocycles. The Hall–Kier alpha value is -1.59. The number of nitrogens with one attached hydrogen (secondary N) is 3. The number of rotatable bonds is 5. The second-order valence-electron chi connectivity index (χ2n) is 4.55. The molecule has 0 radical (unpaired) electrons. The molecule has 18 heavy (non-hydrogen) atoms. The standard InChI is InChI=1S/C13H20N4O/c1-3-8(7-14)12(15-2)9-4-5-10-11(6-9)17-13(18)16-10/h4-6,8,12,15H,3,7,14H2,1-2H3,(H2,16,17,18). The van der Waals surface area contributed by atoms with E-state index in [0.29, 0.717) is 12.5 Å². The van der Waals surface area contributed by atoms with Gasteiger partial charge >= 0.3 is 5.69 Å². The molecule has 0 saturated heterocycles. The van der Waals surface area contributed by atoms with E-state index in [0.717, 1.165) is 23.0 Å². The highest BCUT2D eigenvalue weighted by atomic mass is 16.1. The highest BCUT2D eigenvalue weighted by Crippen LogP contribution is 2.25. The van der Waals surface area contributed by atoms with Crippen molar-refractivity contribution in [3.63, 3.8) is 0 Å². The van der Waals surface area contributed by atoms with Gasteiger partial charge in [-0.2, -0.15) is 0 Å². The van der Waals surface area contributed by atoms with E-state index in [1.165, 1.54) is 0 Å². The Morgan fingerprint density at radius 2 is 2.06 bits per heavy atom. The summed E-state index contributed by atoms with van der Waals surface area (Å²) in [4.78, 5) is 16.8. The van der Waals surface area contributed by atoms with Crippen LogP contribution in [0.2, 0.25) is 0 Å². The first-order valence-corrected chi connectivity index (χ1v) is 6.28. The molecule has 0 bridgehead atoms. The minimum Gasteiger partial charge on any atom is -0.330 e. The van der Waals surface area contributed by atoms with Crippen LogP contribution in [0.15, 0.2) is 23.0 Å². The first-order valence-electron chi connectivity index (χ1n) is 6.28. The maximum atomic E-state index is 11.2. The van der Waals surface area contributed by atoms with Crippen molar-refractivity contribution < 1.29 is 0 Å². The third-order valence-electron chi connectivity index (χ3n) is 3.51. The summed E-state index contributed by atoms with van der Waals surface area (Å²) < 4.78 is 0. The van der Waals surface area contributed by atoms with Gasteiger partial charge in [-0.15, -0.1) is 0 Å². The average molecular weight is 248 g/mol. The summed E-state index contributed by atoms with van der Waals surface area (Å²) in [5.41, 5.74) is 8.46. The van der Waals surface area contributed by atoms with Gasteiger partial charge < -0.3 is 21.0 Å². The smallest absolute Gasteiger partial charge is 0.323 e. The topological polar surface area (TPSA) is 86.7 Å². The van der Waals surface area contributed by atoms with E-state index in [4.69, 9.17) is 5.73 Å². The van der Waals surface area contributed by atoms with Crippen LogP contribution in [0.5, 0.6) is 0 Å². The zero-order chi connectivity index (χ0) is 13.1. The van der Waals surface area contributed by atoms with Gasteiger partial charge in [0.05, 0.1) is 11.0 Å². The highest BCUT2D eigenvalue weighted by molar-refractivity contribution is 5.75. The Bertz CT molecular complexity index is 568. The van der Waals surface area contributed by atoms with Crippen LogP contribution in [0.3, 0.4) is 0 Å². The lowest BCUT2D eigenvalue weighted by Crippen LogP contribution is -2.30. The molecule has 98 valence electrons. The lowest BCUT2D eigenvalue weighted by molar-refractivity contribution is 0.378. The number of nitrogens with two attached hydrogens (primary N) is 1. The Morgan fingerprint density at radius 1 is 1.33 bits per heavy atom. The predicted octanol–water partition coefficient (Wildman–Crippen LogP) is 1.10. The number of fused-ring (bicyclic) bond motifs is 1. The van der Waals surface area contributed by atoms with Crippen LogP contribution in [0.25, 0.3) is 11.0 Å². The van der Waals surface area contributed by atoms with E-state index < -0.39 is 0 Å². The summed E-state index contributed by atoms with van der Waals surface area (Å²) in [7, 11) is 1.94. The van der Waals surface area contributed by atoms with Gasteiger partial charge in [-0.1, -0.05) is 19.4 Å². The molecule has 2 atom stereocenters. The number of hydrogen-bond acceptors (Lipinski definition) is 3. The summed E-state index contributed by atoms with van der Waals surface area (Å²) >= 11 is 0. The van der Waals surface area contributed by atoms with Gasteiger partial charge in [0.1, 0.15) is 0 Å². The predicted molar refractivity (Wildman–Crippen MR) is 73.6 cm³/mol. The molecule has 2 unspecified atom stereocenters. The van der Waals surface area contributed by atoms with E-state index in [-0.39, 0.29) is 11.7 Å². The van der Waals surface area contributed by atoms with Crippen molar-refractivity contribution in [2.45, 2.75) is 19.4 Å². The lowest BCUT2D eigenvalue weighted by Gasteiger charge is -2.25. The Kier molecular flexibility index (Phi) is 3.84. The monoisotopic (exact) mass is 248 g/mol. The highest BCUT2D eigenvalue weighted by Gasteiger charge is 2.19. The molecular weight excluding hydrogens is 228 g/mol. The third-order valence-corrected chi connectivity index (χ3v) is 3.51. The van der Waals surface area contributed by atoms with E-state index in [1.807, 2.05) is 25.2 Å². The summed E-state index contributed by atoms with van der Waals surface area (Å²) in [6, 6.07) is 6.18. The van der Waals surface area contributed by atoms with Crippen molar-refractivity contribution in [1.29, 1.82) is 0 Å². The van der Waals surface area contributed by atoms with Crippen molar-refractivity contribution in [3.8, 4) is 0 Å². The van der Waals surface area contributed by atoms with Crippen molar-refractivity contribution in [2.24, 2.45) is 11.7 Å². The molecule has 5 N–H and O–H groups in total. The minimum atomic E-state index is -0.172. The quantitative estimate of drug-likeness (QED) is 0.639. The van der Waals surface area contributed by atoms with Crippen molar-refractivity contribution in [2.75, 3.05) is 13.6 Å². The Labute approximate surface area is 106 Å². The molecule has 0 aliphatic heterocycles. The molecule has 1 aromatic heterocycles. The number of benzene rings is 1. The Balaban J connectivity index is 2.41. The van der Waals surface area contributed by atoms with Gasteiger partial charge in [0.25, 0.3) is 0 Å². The van der Waals surface area contributed by atoms with Gasteiger partial charge in [-0.05, 0) is 37.2 Å². The van der Waals surface area contributed by atoms with Crippen LogP contribution < -0.4 is 16.7 Å². The van der Waals surface area contributed by atoms with Gasteiger partial charge in [0, 0.05) is 6.04 Å². The van der Waals surface area contributed by atoms with Gasteiger partial charge in [0.15, 0.2) is 0 Å². The molecule has 0 spiro atoms. The van der Waals surface area contributed by atoms with Gasteiger partial charge in [-0.3, -0.25) is 0 Å². The maximum Gasteiger partial charge on any atom is 0.323 e. The summed E-state index contributed by atoms with van der Waals surface area (Å²) in [6.07, 6.45) is 1.02. The zero-order valence-electron chi connectivity index (χ0n) is 10.8. The number of aromatic amines is 2. The van der Waals surface area contributed by atoms with Crippen molar-refractivity contribution in [1.82, 2.24) is 15.3 Å². The Morgan fingerprint density at radius 3 is 2.67 bits per heavy atom. The molecule has 0 aliphatic rings. The number of aromatic nitrogens is 2. The first kappa shape index (κ1) is 12.9. The van der Waals surface area contributed by atoms with E-state index in [9.17, 15) is 4.79 Å². The largest absolute Gasteiger partial charge is 0.330 e. The molecule has 1 aromatic carbocycles. The molecule has 1 heterocycles. The fourth-order valence-electron chi connectivity index (χ4n) is 2.46. The number of H-pyrrole nitrogens is 2. The van der Waals surface area contributed by atoms with E-state index in [1.54, 1.807) is 0 Å². The first-order chi connectivity index (χ1) is 8.69. The molecule has 5 heteroatoms. The minimum absolute atomic E-state index is 0.172. The molecule has 0 fully saturated rings. The van der Waals surface area contributed by atoms with E-state index in [2.05, 4.69) is 22.2 Å². The second-order valence-corrected chi connectivity index (χ2v) is 4.55. The molecule has 2 rings (SSSR count). The van der Waals surface area contributed by atoms with Crippen LogP contribution in [-0.4, -0.2) is 23.6 Å². The van der Waals surface area contributed by atoms with Crippen molar-refractivity contribution >= 4 is 11.0 Å². The van der Waals surface area contributed by atoms with E-state index >= 15 is 0 Å². The van der Waals surface area contributed by atoms with Crippen LogP contribution in [0, 0.1) is 5.92 Å². The lowest BCUT2D eigenvalue weighted by atomic mass is 9.91. The van der Waals surface area contributed by atoms with Crippen LogP contribution >= 0.6 is 0 Å². The molecule has 5 nitrogen and oxygen atoms in total. The fraction of sp³-hybridized carbons (Fsp3) is 0.462. The summed E-state index contributed by atoms with van der Waals surface area (Å²) in [6.45, 7) is 2.78. The second kappa shape index (κ2) is 5.37. The van der Waals surface area contributed by atoms with Gasteiger partial charge in [-0.25, -0.2) is 4.79 Å². The van der Waals surface area contributed by atoms with Crippen molar-refractivity contribution in [3.05, 3.63) is 34.2 Å². The van der Waals surface area contributed by atoms with Crippen LogP contribution in [0.1, 0.15) is 24.9 Å².